The molecule has 4 N–H and O–H groups in total. The quantitative estimate of drug-likeness (QED) is 0.615. The average molecular weight is 252 g/mol. The van der Waals surface area contributed by atoms with Crippen LogP contribution in [0.1, 0.15) is 31.2 Å². The lowest BCUT2D eigenvalue weighted by Crippen LogP contribution is -2.57. The molecule has 1 heterocycles. The molecule has 0 aromatic carbocycles. The number of rotatable bonds is 5. The van der Waals surface area contributed by atoms with Crippen LogP contribution in [0.5, 0.6) is 0 Å². The van der Waals surface area contributed by atoms with Gasteiger partial charge in [-0.2, -0.15) is 5.10 Å². The zero-order chi connectivity index (χ0) is 13.0. The molecular formula is C11H16N4O3. The lowest BCUT2D eigenvalue weighted by Gasteiger charge is -2.41. The number of carboxylic acids is 1. The van der Waals surface area contributed by atoms with Crippen molar-refractivity contribution in [1.29, 1.82) is 0 Å². The number of carbonyl (C=O) groups excluding carboxylic acids is 1. The number of hydrogen-bond acceptors (Lipinski definition) is 3. The second kappa shape index (κ2) is 5.07. The van der Waals surface area contributed by atoms with E-state index in [1.807, 2.05) is 0 Å². The van der Waals surface area contributed by atoms with Gasteiger partial charge in [-0.1, -0.05) is 0 Å². The summed E-state index contributed by atoms with van der Waals surface area (Å²) in [7, 11) is 0. The van der Waals surface area contributed by atoms with E-state index in [9.17, 15) is 9.59 Å². The predicted molar refractivity (Wildman–Crippen MR) is 62.8 cm³/mol. The van der Waals surface area contributed by atoms with Crippen LogP contribution < -0.4 is 10.6 Å². The molecule has 0 unspecified atom stereocenters. The van der Waals surface area contributed by atoms with E-state index >= 15 is 0 Å². The highest BCUT2D eigenvalue weighted by atomic mass is 16.4. The Labute approximate surface area is 104 Å². The largest absolute Gasteiger partial charge is 0.481 e. The summed E-state index contributed by atoms with van der Waals surface area (Å²) in [6, 6.07) is -0.336. The van der Waals surface area contributed by atoms with Crippen molar-refractivity contribution in [2.45, 2.75) is 37.8 Å². The van der Waals surface area contributed by atoms with Crippen molar-refractivity contribution in [3.8, 4) is 0 Å². The highest BCUT2D eigenvalue weighted by molar-refractivity contribution is 5.77. The molecule has 0 saturated heterocycles. The van der Waals surface area contributed by atoms with Gasteiger partial charge in [0.05, 0.1) is 18.2 Å². The molecule has 0 spiro atoms. The summed E-state index contributed by atoms with van der Waals surface area (Å²) in [6.45, 7) is 0.367. The number of carbonyl (C=O) groups is 2. The van der Waals surface area contributed by atoms with Gasteiger partial charge in [-0.3, -0.25) is 9.89 Å². The Morgan fingerprint density at radius 1 is 1.50 bits per heavy atom. The van der Waals surface area contributed by atoms with E-state index in [0.717, 1.165) is 24.8 Å². The van der Waals surface area contributed by atoms with Gasteiger partial charge in [-0.15, -0.1) is 0 Å². The number of H-pyrrole nitrogens is 1. The van der Waals surface area contributed by atoms with Gasteiger partial charge >= 0.3 is 12.0 Å². The maximum atomic E-state index is 11.7. The molecule has 7 heteroatoms. The van der Waals surface area contributed by atoms with Crippen LogP contribution in [-0.4, -0.2) is 32.8 Å². The summed E-state index contributed by atoms with van der Waals surface area (Å²) >= 11 is 0. The second-order valence-electron chi connectivity index (χ2n) is 4.62. The third-order valence-corrected chi connectivity index (χ3v) is 3.19. The summed E-state index contributed by atoms with van der Waals surface area (Å²) in [5.74, 6) is -0.884. The van der Waals surface area contributed by atoms with E-state index < -0.39 is 11.5 Å². The van der Waals surface area contributed by atoms with Crippen molar-refractivity contribution in [2.75, 3.05) is 0 Å². The molecule has 1 saturated carbocycles. The first-order valence-corrected chi connectivity index (χ1v) is 5.85. The van der Waals surface area contributed by atoms with Crippen molar-refractivity contribution in [3.63, 3.8) is 0 Å². The first-order chi connectivity index (χ1) is 8.60. The van der Waals surface area contributed by atoms with E-state index in [4.69, 9.17) is 5.11 Å². The molecule has 0 bridgehead atoms. The first kappa shape index (κ1) is 12.4. The van der Waals surface area contributed by atoms with E-state index in [-0.39, 0.29) is 12.5 Å². The number of amides is 2. The Balaban J connectivity index is 1.80. The predicted octanol–water partition coefficient (Wildman–Crippen LogP) is 0.606. The van der Waals surface area contributed by atoms with Crippen LogP contribution in [0.2, 0.25) is 0 Å². The average Bonchev–Trinajstić information content (AvgIpc) is 2.75. The SMILES string of the molecule is O=C(O)CC1(NC(=O)NCc2cn[nH]c2)CCC1. The molecule has 0 radical (unpaired) electrons. The summed E-state index contributed by atoms with van der Waals surface area (Å²) in [6.07, 6.45) is 5.69. The van der Waals surface area contributed by atoms with Gasteiger partial charge in [-0.25, -0.2) is 4.79 Å². The first-order valence-electron chi connectivity index (χ1n) is 5.85. The number of aromatic nitrogens is 2. The third kappa shape index (κ3) is 2.99. The molecule has 0 atom stereocenters. The molecule has 0 aliphatic heterocycles. The Kier molecular flexibility index (Phi) is 3.50. The second-order valence-corrected chi connectivity index (χ2v) is 4.62. The van der Waals surface area contributed by atoms with Gasteiger partial charge in [0, 0.05) is 18.3 Å². The fourth-order valence-electron chi connectivity index (χ4n) is 2.08. The minimum Gasteiger partial charge on any atom is -0.481 e. The molecule has 18 heavy (non-hydrogen) atoms. The van der Waals surface area contributed by atoms with Gasteiger partial charge in [0.2, 0.25) is 0 Å². The van der Waals surface area contributed by atoms with Crippen LogP contribution >= 0.6 is 0 Å². The van der Waals surface area contributed by atoms with E-state index in [1.54, 1.807) is 12.4 Å². The molecular weight excluding hydrogens is 236 g/mol. The van der Waals surface area contributed by atoms with Crippen LogP contribution in [0.4, 0.5) is 4.79 Å². The molecule has 1 fully saturated rings. The topological polar surface area (TPSA) is 107 Å². The van der Waals surface area contributed by atoms with Gasteiger partial charge in [0.15, 0.2) is 0 Å². The van der Waals surface area contributed by atoms with Crippen molar-refractivity contribution >= 4 is 12.0 Å². The molecule has 7 nitrogen and oxygen atoms in total. The number of urea groups is 1. The number of aliphatic carboxylic acids is 1. The Morgan fingerprint density at radius 2 is 2.28 bits per heavy atom. The molecule has 1 aliphatic carbocycles. The fourth-order valence-corrected chi connectivity index (χ4v) is 2.08. The Hall–Kier alpha value is -2.05. The van der Waals surface area contributed by atoms with Gasteiger partial charge in [-0.05, 0) is 19.3 Å². The van der Waals surface area contributed by atoms with Gasteiger partial charge < -0.3 is 15.7 Å². The maximum Gasteiger partial charge on any atom is 0.315 e. The molecule has 1 aliphatic rings. The van der Waals surface area contributed by atoms with E-state index in [0.29, 0.717) is 6.54 Å². The lowest BCUT2D eigenvalue weighted by molar-refractivity contribution is -0.139. The summed E-state index contributed by atoms with van der Waals surface area (Å²) < 4.78 is 0. The van der Waals surface area contributed by atoms with Crippen molar-refractivity contribution in [1.82, 2.24) is 20.8 Å². The summed E-state index contributed by atoms with van der Waals surface area (Å²) in [4.78, 5) is 22.4. The molecule has 1 aromatic rings. The zero-order valence-corrected chi connectivity index (χ0v) is 9.90. The van der Waals surface area contributed by atoms with Gasteiger partial charge in [0.25, 0.3) is 0 Å². The van der Waals surface area contributed by atoms with Crippen LogP contribution in [0.15, 0.2) is 12.4 Å². The Bertz CT molecular complexity index is 426. The van der Waals surface area contributed by atoms with Crippen LogP contribution in [-0.2, 0) is 11.3 Å². The van der Waals surface area contributed by atoms with E-state index in [1.165, 1.54) is 0 Å². The summed E-state index contributed by atoms with van der Waals surface area (Å²) in [5, 5.41) is 20.7. The monoisotopic (exact) mass is 252 g/mol. The molecule has 98 valence electrons. The van der Waals surface area contributed by atoms with E-state index in [2.05, 4.69) is 20.8 Å². The zero-order valence-electron chi connectivity index (χ0n) is 9.90. The van der Waals surface area contributed by atoms with Gasteiger partial charge in [0.1, 0.15) is 0 Å². The standard InChI is InChI=1S/C11H16N4O3/c16-9(17)4-11(2-1-3-11)15-10(18)12-5-8-6-13-14-7-8/h6-7H,1-5H2,(H,13,14)(H,16,17)(H2,12,15,18). The number of nitrogens with zero attached hydrogens (tertiary/aromatic N) is 1. The fraction of sp³-hybridized carbons (Fsp3) is 0.545. The highest BCUT2D eigenvalue weighted by Crippen LogP contribution is 2.34. The third-order valence-electron chi connectivity index (χ3n) is 3.19. The number of aromatic amines is 1. The smallest absolute Gasteiger partial charge is 0.315 e. The highest BCUT2D eigenvalue weighted by Gasteiger charge is 2.40. The van der Waals surface area contributed by atoms with Crippen molar-refractivity contribution in [2.24, 2.45) is 0 Å². The van der Waals surface area contributed by atoms with Crippen LogP contribution in [0, 0.1) is 0 Å². The molecule has 2 amide bonds. The minimum atomic E-state index is -0.884. The lowest BCUT2D eigenvalue weighted by atomic mass is 9.74. The normalized spacial score (nSPS) is 16.7. The maximum absolute atomic E-state index is 11.7. The minimum absolute atomic E-state index is 0.0217. The molecule has 2 rings (SSSR count). The number of hydrogen-bond donors (Lipinski definition) is 4. The summed E-state index contributed by atoms with van der Waals surface area (Å²) in [5.41, 5.74) is 0.304. The number of nitrogens with one attached hydrogen (secondary N) is 3. The van der Waals surface area contributed by atoms with Crippen molar-refractivity contribution in [3.05, 3.63) is 18.0 Å². The number of carboxylic acid groups (broad SMARTS) is 1. The molecule has 1 aromatic heterocycles. The van der Waals surface area contributed by atoms with Crippen LogP contribution in [0.25, 0.3) is 0 Å². The Morgan fingerprint density at radius 3 is 2.78 bits per heavy atom. The van der Waals surface area contributed by atoms with Crippen LogP contribution in [0.3, 0.4) is 0 Å². The van der Waals surface area contributed by atoms with Crippen molar-refractivity contribution < 1.29 is 14.7 Å².